The lowest BCUT2D eigenvalue weighted by molar-refractivity contribution is 0.729. The Morgan fingerprint density at radius 3 is 2.31 bits per heavy atom. The van der Waals surface area contributed by atoms with Crippen molar-refractivity contribution in [3.63, 3.8) is 0 Å². The normalized spacial score (nSPS) is 11.9. The summed E-state index contributed by atoms with van der Waals surface area (Å²) in [4.78, 5) is 4.09. The van der Waals surface area contributed by atoms with E-state index in [9.17, 15) is 0 Å². The number of benzene rings is 2. The Balaban J connectivity index is 1.75. The van der Waals surface area contributed by atoms with E-state index < -0.39 is 0 Å². The topological polar surface area (TPSA) is 43.6 Å². The van der Waals surface area contributed by atoms with E-state index in [1.165, 1.54) is 5.56 Å². The molecule has 0 saturated carbocycles. The first kappa shape index (κ1) is 19.4. The van der Waals surface area contributed by atoms with Crippen LogP contribution in [-0.2, 0) is 6.54 Å². The average molecular weight is 419 g/mol. The summed E-state index contributed by atoms with van der Waals surface area (Å²) in [6.45, 7) is 4.52. The Morgan fingerprint density at radius 2 is 1.62 bits per heavy atom. The predicted octanol–water partition coefficient (Wildman–Crippen LogP) is 6.06. The van der Waals surface area contributed by atoms with Gasteiger partial charge in [0.1, 0.15) is 0 Å². The van der Waals surface area contributed by atoms with Gasteiger partial charge in [-0.3, -0.25) is 9.55 Å². The molecule has 0 amide bonds. The van der Waals surface area contributed by atoms with Gasteiger partial charge in [-0.05, 0) is 35.4 Å². The van der Waals surface area contributed by atoms with Gasteiger partial charge in [0.2, 0.25) is 0 Å². The van der Waals surface area contributed by atoms with E-state index in [4.69, 9.17) is 11.6 Å². The number of pyridine rings is 1. The first-order valence-electron chi connectivity index (χ1n) is 9.18. The minimum Gasteiger partial charge on any atom is -0.298 e. The van der Waals surface area contributed by atoms with Gasteiger partial charge in [0.15, 0.2) is 11.0 Å². The molecule has 4 rings (SSSR count). The Bertz CT molecular complexity index is 1080. The second-order valence-electron chi connectivity index (χ2n) is 6.40. The van der Waals surface area contributed by atoms with E-state index in [0.29, 0.717) is 6.54 Å². The molecule has 6 heteroatoms. The lowest BCUT2D eigenvalue weighted by Crippen LogP contribution is -2.03. The van der Waals surface area contributed by atoms with Gasteiger partial charge in [0.25, 0.3) is 0 Å². The molecule has 0 N–H and O–H groups in total. The van der Waals surface area contributed by atoms with Gasteiger partial charge in [-0.2, -0.15) is 0 Å². The highest BCUT2D eigenvalue weighted by Crippen LogP contribution is 2.40. The van der Waals surface area contributed by atoms with Gasteiger partial charge in [-0.15, -0.1) is 16.8 Å². The highest BCUT2D eigenvalue weighted by Gasteiger charge is 2.21. The van der Waals surface area contributed by atoms with E-state index in [1.54, 1.807) is 24.2 Å². The number of thioether (sulfide) groups is 1. The molecule has 29 heavy (non-hydrogen) atoms. The van der Waals surface area contributed by atoms with E-state index in [0.717, 1.165) is 27.1 Å². The van der Waals surface area contributed by atoms with Crippen molar-refractivity contribution >= 4 is 23.4 Å². The molecule has 2 aromatic heterocycles. The molecular weight excluding hydrogens is 400 g/mol. The summed E-state index contributed by atoms with van der Waals surface area (Å²) in [6, 6.07) is 22.2. The maximum Gasteiger partial charge on any atom is 0.192 e. The summed E-state index contributed by atoms with van der Waals surface area (Å²) in [5.74, 6) is 0.803. The zero-order valence-corrected chi connectivity index (χ0v) is 17.2. The number of allylic oxidation sites excluding steroid dienone is 1. The molecule has 0 aliphatic heterocycles. The first-order valence-corrected chi connectivity index (χ1v) is 10.4. The molecule has 0 aliphatic carbocycles. The van der Waals surface area contributed by atoms with Gasteiger partial charge < -0.3 is 0 Å². The van der Waals surface area contributed by atoms with Crippen LogP contribution in [0.3, 0.4) is 0 Å². The fourth-order valence-corrected chi connectivity index (χ4v) is 4.38. The van der Waals surface area contributed by atoms with Crippen LogP contribution in [0.4, 0.5) is 0 Å². The summed E-state index contributed by atoms with van der Waals surface area (Å²) < 4.78 is 2.08. The molecule has 0 spiro atoms. The van der Waals surface area contributed by atoms with Gasteiger partial charge in [0.05, 0.1) is 5.25 Å². The molecule has 4 nitrogen and oxygen atoms in total. The molecule has 0 bridgehead atoms. The highest BCUT2D eigenvalue weighted by atomic mass is 35.5. The molecule has 2 aromatic carbocycles. The van der Waals surface area contributed by atoms with Crippen molar-refractivity contribution in [2.75, 3.05) is 0 Å². The van der Waals surface area contributed by atoms with Gasteiger partial charge in [-0.1, -0.05) is 71.9 Å². The number of rotatable bonds is 7. The van der Waals surface area contributed by atoms with Crippen LogP contribution in [-0.4, -0.2) is 19.7 Å². The molecule has 0 fully saturated rings. The number of aromatic nitrogens is 4. The minimum absolute atomic E-state index is 0.0616. The van der Waals surface area contributed by atoms with Crippen LogP contribution in [0.1, 0.15) is 16.4 Å². The fourth-order valence-electron chi connectivity index (χ4n) is 3.08. The number of nitrogens with zero attached hydrogens (tertiary/aromatic N) is 4. The zero-order chi connectivity index (χ0) is 20.1. The fraction of sp³-hybridized carbons (Fsp3) is 0.0870. The van der Waals surface area contributed by atoms with Crippen LogP contribution in [0, 0.1) is 0 Å². The summed E-state index contributed by atoms with van der Waals surface area (Å²) in [6.07, 6.45) is 5.38. The van der Waals surface area contributed by atoms with E-state index in [2.05, 4.69) is 62.7 Å². The van der Waals surface area contributed by atoms with Crippen molar-refractivity contribution in [2.24, 2.45) is 0 Å². The number of halogens is 1. The van der Waals surface area contributed by atoms with Gasteiger partial charge in [0, 0.05) is 29.5 Å². The van der Waals surface area contributed by atoms with E-state index in [-0.39, 0.29) is 5.25 Å². The minimum atomic E-state index is 0.0616. The third-order valence-electron chi connectivity index (χ3n) is 4.47. The average Bonchev–Trinajstić information content (AvgIpc) is 3.17. The Labute approximate surface area is 179 Å². The quantitative estimate of drug-likeness (QED) is 0.270. The Kier molecular flexibility index (Phi) is 6.08. The molecule has 0 radical (unpaired) electrons. The van der Waals surface area contributed by atoms with Crippen molar-refractivity contribution < 1.29 is 0 Å². The molecule has 0 unspecified atom stereocenters. The largest absolute Gasteiger partial charge is 0.298 e. The maximum absolute atomic E-state index is 6.11. The van der Waals surface area contributed by atoms with Crippen LogP contribution < -0.4 is 0 Å². The summed E-state index contributed by atoms with van der Waals surface area (Å²) in [5.41, 5.74) is 3.33. The van der Waals surface area contributed by atoms with Crippen molar-refractivity contribution in [3.05, 3.63) is 108 Å². The third kappa shape index (κ3) is 4.42. The van der Waals surface area contributed by atoms with Crippen molar-refractivity contribution in [2.45, 2.75) is 17.0 Å². The summed E-state index contributed by atoms with van der Waals surface area (Å²) >= 11 is 7.78. The zero-order valence-electron chi connectivity index (χ0n) is 15.6. The molecule has 0 aliphatic rings. The second-order valence-corrected chi connectivity index (χ2v) is 7.91. The van der Waals surface area contributed by atoms with E-state index in [1.807, 2.05) is 36.4 Å². The van der Waals surface area contributed by atoms with Crippen molar-refractivity contribution in [3.8, 4) is 11.4 Å². The SMILES string of the molecule is C=CCn1c(S[C@@H](c2ccccc2)c2ccc(Cl)cc2)nnc1-c1ccncc1. The van der Waals surface area contributed by atoms with Crippen LogP contribution in [0.25, 0.3) is 11.4 Å². The Hall–Kier alpha value is -2.89. The molecule has 4 aromatic rings. The number of hydrogen-bond acceptors (Lipinski definition) is 4. The van der Waals surface area contributed by atoms with Gasteiger partial charge >= 0.3 is 0 Å². The standard InChI is InChI=1S/C23H19ClN4S/c1-2-16-28-22(19-12-14-25-15-13-19)26-27-23(28)29-21(17-6-4-3-5-7-17)18-8-10-20(24)11-9-18/h2-15,21H,1,16H2/t21-/m0/s1. The lowest BCUT2D eigenvalue weighted by Gasteiger charge is -2.18. The smallest absolute Gasteiger partial charge is 0.192 e. The monoisotopic (exact) mass is 418 g/mol. The summed E-state index contributed by atoms with van der Waals surface area (Å²) in [5, 5.41) is 10.6. The molecule has 2 heterocycles. The molecule has 144 valence electrons. The highest BCUT2D eigenvalue weighted by molar-refractivity contribution is 7.99. The molecular formula is C23H19ClN4S. The van der Waals surface area contributed by atoms with Crippen molar-refractivity contribution in [1.82, 2.24) is 19.7 Å². The predicted molar refractivity (Wildman–Crippen MR) is 119 cm³/mol. The third-order valence-corrected chi connectivity index (χ3v) is 6.01. The lowest BCUT2D eigenvalue weighted by atomic mass is 10.0. The van der Waals surface area contributed by atoms with Crippen molar-refractivity contribution in [1.29, 1.82) is 0 Å². The number of hydrogen-bond donors (Lipinski definition) is 0. The molecule has 0 saturated heterocycles. The second kappa shape index (κ2) is 9.07. The van der Waals surface area contributed by atoms with Crippen LogP contribution in [0.15, 0.2) is 96.9 Å². The first-order chi connectivity index (χ1) is 14.3. The van der Waals surface area contributed by atoms with Crippen LogP contribution in [0.5, 0.6) is 0 Å². The van der Waals surface area contributed by atoms with Gasteiger partial charge in [-0.25, -0.2) is 0 Å². The summed E-state index contributed by atoms with van der Waals surface area (Å²) in [7, 11) is 0. The van der Waals surface area contributed by atoms with E-state index >= 15 is 0 Å². The molecule has 1 atom stereocenters. The Morgan fingerprint density at radius 1 is 0.931 bits per heavy atom. The maximum atomic E-state index is 6.11. The van der Waals surface area contributed by atoms with Crippen LogP contribution >= 0.6 is 23.4 Å². The van der Waals surface area contributed by atoms with Crippen LogP contribution in [0.2, 0.25) is 5.02 Å².